The molecule has 1 rings (SSSR count). The molecule has 5 heteroatoms. The van der Waals surface area contributed by atoms with E-state index in [1.807, 2.05) is 12.1 Å². The number of guanidine groups is 1. The van der Waals surface area contributed by atoms with Crippen LogP contribution in [0.15, 0.2) is 29.3 Å². The van der Waals surface area contributed by atoms with Gasteiger partial charge in [0, 0.05) is 18.6 Å². The molecule has 20 heavy (non-hydrogen) atoms. The Labute approximate surface area is 139 Å². The summed E-state index contributed by atoms with van der Waals surface area (Å²) in [6.07, 6.45) is 0.815. The maximum atomic E-state index is 9.40. The van der Waals surface area contributed by atoms with Gasteiger partial charge in [0.2, 0.25) is 0 Å². The molecule has 0 aromatic heterocycles. The summed E-state index contributed by atoms with van der Waals surface area (Å²) >= 11 is 0. The maximum absolute atomic E-state index is 9.40. The number of nitrogens with one attached hydrogen (secondary N) is 2. The second kappa shape index (κ2) is 9.05. The van der Waals surface area contributed by atoms with E-state index < -0.39 is 0 Å². The van der Waals surface area contributed by atoms with Gasteiger partial charge in [0.1, 0.15) is 5.75 Å². The van der Waals surface area contributed by atoms with Crippen molar-refractivity contribution in [2.24, 2.45) is 4.99 Å². The Morgan fingerprint density at radius 1 is 1.30 bits per heavy atom. The molecule has 4 nitrogen and oxygen atoms in total. The lowest BCUT2D eigenvalue weighted by Crippen LogP contribution is -2.47. The first-order valence-corrected chi connectivity index (χ1v) is 6.75. The molecule has 1 aromatic rings. The molecule has 0 saturated heterocycles. The highest BCUT2D eigenvalue weighted by Crippen LogP contribution is 2.11. The molecule has 0 spiro atoms. The van der Waals surface area contributed by atoms with Gasteiger partial charge in [-0.2, -0.15) is 0 Å². The van der Waals surface area contributed by atoms with Crippen molar-refractivity contribution < 1.29 is 5.11 Å². The van der Waals surface area contributed by atoms with Gasteiger partial charge >= 0.3 is 0 Å². The molecule has 0 amide bonds. The number of aromatic hydroxyl groups is 1. The highest BCUT2D eigenvalue weighted by atomic mass is 127. The van der Waals surface area contributed by atoms with Crippen molar-refractivity contribution >= 4 is 29.9 Å². The van der Waals surface area contributed by atoms with Gasteiger partial charge in [-0.1, -0.05) is 12.1 Å². The number of aliphatic imine (C=N–C) groups is 1. The molecule has 0 fully saturated rings. The second-order valence-electron chi connectivity index (χ2n) is 5.56. The Hall–Kier alpha value is -0.980. The average molecular weight is 391 g/mol. The molecular weight excluding hydrogens is 365 g/mol. The van der Waals surface area contributed by atoms with E-state index in [1.54, 1.807) is 12.1 Å². The number of halogens is 1. The van der Waals surface area contributed by atoms with Crippen molar-refractivity contribution in [3.05, 3.63) is 29.8 Å². The summed E-state index contributed by atoms with van der Waals surface area (Å²) in [6, 6.07) is 7.31. The quantitative estimate of drug-likeness (QED) is 0.420. The molecule has 0 aliphatic rings. The van der Waals surface area contributed by atoms with Crippen molar-refractivity contribution in [3.63, 3.8) is 0 Å². The van der Waals surface area contributed by atoms with Crippen LogP contribution in [-0.2, 0) is 6.42 Å². The monoisotopic (exact) mass is 391 g/mol. The van der Waals surface area contributed by atoms with Crippen LogP contribution < -0.4 is 10.6 Å². The second-order valence-corrected chi connectivity index (χ2v) is 5.56. The molecule has 0 heterocycles. The molecule has 0 saturated carbocycles. The van der Waals surface area contributed by atoms with Crippen LogP contribution in [0.25, 0.3) is 0 Å². The first-order valence-electron chi connectivity index (χ1n) is 6.75. The van der Waals surface area contributed by atoms with Crippen LogP contribution in [0.1, 0.15) is 33.3 Å². The molecule has 0 aliphatic heterocycles. The smallest absolute Gasteiger partial charge is 0.191 e. The predicted molar refractivity (Wildman–Crippen MR) is 96.1 cm³/mol. The zero-order valence-electron chi connectivity index (χ0n) is 12.7. The zero-order chi connectivity index (χ0) is 14.3. The largest absolute Gasteiger partial charge is 0.508 e. The van der Waals surface area contributed by atoms with E-state index in [9.17, 15) is 5.11 Å². The third kappa shape index (κ3) is 8.24. The topological polar surface area (TPSA) is 56.7 Å². The van der Waals surface area contributed by atoms with Crippen molar-refractivity contribution in [3.8, 4) is 5.75 Å². The van der Waals surface area contributed by atoms with Crippen LogP contribution in [0.2, 0.25) is 0 Å². The Morgan fingerprint density at radius 2 is 2.00 bits per heavy atom. The van der Waals surface area contributed by atoms with Gasteiger partial charge in [0.15, 0.2) is 5.96 Å². The van der Waals surface area contributed by atoms with Gasteiger partial charge in [-0.05, 0) is 51.8 Å². The van der Waals surface area contributed by atoms with Gasteiger partial charge in [-0.3, -0.25) is 4.99 Å². The average Bonchev–Trinajstić information content (AvgIpc) is 2.27. The fourth-order valence-electron chi connectivity index (χ4n) is 1.67. The van der Waals surface area contributed by atoms with E-state index in [4.69, 9.17) is 0 Å². The minimum atomic E-state index is -0.00792. The lowest BCUT2D eigenvalue weighted by molar-refractivity contribution is 0.474. The van der Waals surface area contributed by atoms with Crippen LogP contribution in [0, 0.1) is 0 Å². The number of phenolic OH excluding ortho intramolecular Hbond substituents is 1. The maximum Gasteiger partial charge on any atom is 0.191 e. The molecule has 0 aliphatic carbocycles. The Morgan fingerprint density at radius 3 is 2.55 bits per heavy atom. The fourth-order valence-corrected chi connectivity index (χ4v) is 1.67. The van der Waals surface area contributed by atoms with Gasteiger partial charge in [-0.15, -0.1) is 24.0 Å². The first kappa shape index (κ1) is 19.0. The third-order valence-corrected chi connectivity index (χ3v) is 2.42. The zero-order valence-corrected chi connectivity index (χ0v) is 15.1. The molecule has 3 N–H and O–H groups in total. The number of benzene rings is 1. The first-order chi connectivity index (χ1) is 8.90. The lowest BCUT2D eigenvalue weighted by Gasteiger charge is -2.23. The number of rotatable bonds is 4. The summed E-state index contributed by atoms with van der Waals surface area (Å²) in [5.74, 6) is 1.14. The van der Waals surface area contributed by atoms with E-state index in [2.05, 4.69) is 43.3 Å². The molecule has 114 valence electrons. The Balaban J connectivity index is 0.00000361. The molecule has 0 atom stereocenters. The third-order valence-electron chi connectivity index (χ3n) is 2.42. The summed E-state index contributed by atoms with van der Waals surface area (Å²) in [6.45, 7) is 9.90. The van der Waals surface area contributed by atoms with E-state index in [0.29, 0.717) is 12.3 Å². The van der Waals surface area contributed by atoms with Crippen molar-refractivity contribution in [1.82, 2.24) is 10.6 Å². The van der Waals surface area contributed by atoms with Crippen LogP contribution in [-0.4, -0.2) is 29.7 Å². The van der Waals surface area contributed by atoms with Gasteiger partial charge < -0.3 is 15.7 Å². The van der Waals surface area contributed by atoms with Crippen molar-refractivity contribution in [1.29, 1.82) is 0 Å². The lowest BCUT2D eigenvalue weighted by atomic mass is 10.1. The Bertz CT molecular complexity index is 427. The molecule has 1 aromatic carbocycles. The highest BCUT2D eigenvalue weighted by Gasteiger charge is 2.11. The van der Waals surface area contributed by atoms with E-state index in [1.165, 1.54) is 0 Å². The van der Waals surface area contributed by atoms with Gasteiger partial charge in [-0.25, -0.2) is 0 Å². The predicted octanol–water partition coefficient (Wildman–Crippen LogP) is 2.91. The Kier molecular flexibility index (Phi) is 8.60. The van der Waals surface area contributed by atoms with E-state index in [0.717, 1.165) is 24.5 Å². The number of hydrogen-bond donors (Lipinski definition) is 3. The van der Waals surface area contributed by atoms with Crippen LogP contribution >= 0.6 is 24.0 Å². The summed E-state index contributed by atoms with van der Waals surface area (Å²) in [5, 5.41) is 16.0. The molecule has 0 bridgehead atoms. The summed E-state index contributed by atoms with van der Waals surface area (Å²) in [5.41, 5.74) is 1.09. The van der Waals surface area contributed by atoms with E-state index >= 15 is 0 Å². The van der Waals surface area contributed by atoms with Crippen LogP contribution in [0.5, 0.6) is 5.75 Å². The van der Waals surface area contributed by atoms with Gasteiger partial charge in [0.25, 0.3) is 0 Å². The number of nitrogens with zero attached hydrogens (tertiary/aromatic N) is 1. The van der Waals surface area contributed by atoms with Crippen molar-refractivity contribution in [2.45, 2.75) is 39.7 Å². The number of phenols is 1. The minimum absolute atomic E-state index is 0. The normalized spacial score (nSPS) is 11.7. The van der Waals surface area contributed by atoms with Crippen molar-refractivity contribution in [2.75, 3.05) is 13.1 Å². The van der Waals surface area contributed by atoms with Crippen LogP contribution in [0.3, 0.4) is 0 Å². The van der Waals surface area contributed by atoms with E-state index in [-0.39, 0.29) is 29.5 Å². The SMILES string of the molecule is CCNC(=NCCc1cccc(O)c1)NC(C)(C)C.I. The highest BCUT2D eigenvalue weighted by molar-refractivity contribution is 14.0. The summed E-state index contributed by atoms with van der Waals surface area (Å²) in [4.78, 5) is 4.54. The fraction of sp³-hybridized carbons (Fsp3) is 0.533. The summed E-state index contributed by atoms with van der Waals surface area (Å²) < 4.78 is 0. The minimum Gasteiger partial charge on any atom is -0.508 e. The van der Waals surface area contributed by atoms with Gasteiger partial charge in [0.05, 0.1) is 0 Å². The summed E-state index contributed by atoms with van der Waals surface area (Å²) in [7, 11) is 0. The van der Waals surface area contributed by atoms with Crippen LogP contribution in [0.4, 0.5) is 0 Å². The number of hydrogen-bond acceptors (Lipinski definition) is 2. The molecule has 0 unspecified atom stereocenters. The standard InChI is InChI=1S/C15H25N3O.HI/c1-5-16-14(18-15(2,3)4)17-10-9-12-7-6-8-13(19)11-12;/h6-8,11,19H,5,9-10H2,1-4H3,(H2,16,17,18);1H. The molecular formula is C15H26IN3O. The molecule has 0 radical (unpaired) electrons.